The highest BCUT2D eigenvalue weighted by Gasteiger charge is 2.29. The molecule has 1 aliphatic heterocycles. The van der Waals surface area contributed by atoms with Crippen molar-refractivity contribution in [1.29, 1.82) is 0 Å². The minimum absolute atomic E-state index is 0.0901. The van der Waals surface area contributed by atoms with Gasteiger partial charge < -0.3 is 15.0 Å². The molecule has 2 amide bonds. The molecule has 0 spiro atoms. The number of likely N-dealkylation sites (N-methyl/N-ethyl adjacent to an activating group) is 1. The summed E-state index contributed by atoms with van der Waals surface area (Å²) in [5.41, 5.74) is 4.55. The molecule has 0 bridgehead atoms. The Kier molecular flexibility index (Phi) is 4.49. The average Bonchev–Trinajstić information content (AvgIpc) is 2.57. The summed E-state index contributed by atoms with van der Waals surface area (Å²) in [7, 11) is 1.72. The molecule has 0 aliphatic carbocycles. The van der Waals surface area contributed by atoms with Crippen LogP contribution >= 0.6 is 0 Å². The number of ether oxygens (including phenoxy) is 1. The Bertz CT molecular complexity index is 845. The number of hydrogen-bond donors (Lipinski definition) is 1. The number of anilines is 2. The van der Waals surface area contributed by atoms with Gasteiger partial charge >= 0.3 is 0 Å². The van der Waals surface area contributed by atoms with Crippen molar-refractivity contribution in [2.24, 2.45) is 0 Å². The van der Waals surface area contributed by atoms with E-state index < -0.39 is 6.10 Å². The van der Waals surface area contributed by atoms with Gasteiger partial charge in [-0.1, -0.05) is 18.2 Å². The number of rotatable bonds is 3. The lowest BCUT2D eigenvalue weighted by atomic mass is 10.1. The van der Waals surface area contributed by atoms with Crippen molar-refractivity contribution in [3.05, 3.63) is 53.1 Å². The predicted molar refractivity (Wildman–Crippen MR) is 98.2 cm³/mol. The first kappa shape index (κ1) is 17.0. The lowest BCUT2D eigenvalue weighted by Crippen LogP contribution is -2.42. The van der Waals surface area contributed by atoms with Gasteiger partial charge in [-0.05, 0) is 55.7 Å². The lowest BCUT2D eigenvalue weighted by Gasteiger charge is -2.30. The molecule has 2 aromatic carbocycles. The zero-order valence-corrected chi connectivity index (χ0v) is 14.9. The van der Waals surface area contributed by atoms with Crippen molar-refractivity contribution >= 4 is 23.2 Å². The third kappa shape index (κ3) is 3.36. The average molecular weight is 338 g/mol. The van der Waals surface area contributed by atoms with Gasteiger partial charge in [0.1, 0.15) is 5.75 Å². The van der Waals surface area contributed by atoms with E-state index in [-0.39, 0.29) is 18.2 Å². The zero-order chi connectivity index (χ0) is 18.1. The van der Waals surface area contributed by atoms with E-state index >= 15 is 0 Å². The van der Waals surface area contributed by atoms with Crippen molar-refractivity contribution in [3.63, 3.8) is 0 Å². The molecule has 0 aromatic heterocycles. The molecule has 130 valence electrons. The second-order valence-corrected chi connectivity index (χ2v) is 6.43. The summed E-state index contributed by atoms with van der Waals surface area (Å²) >= 11 is 0. The topological polar surface area (TPSA) is 58.6 Å². The number of benzene rings is 2. The van der Waals surface area contributed by atoms with Crippen LogP contribution in [0.4, 0.5) is 11.4 Å². The fraction of sp³-hybridized carbons (Fsp3) is 0.300. The number of nitrogens with zero attached hydrogens (tertiary/aromatic N) is 1. The van der Waals surface area contributed by atoms with E-state index in [0.29, 0.717) is 11.4 Å². The van der Waals surface area contributed by atoms with Crippen LogP contribution in [0.1, 0.15) is 23.6 Å². The molecule has 1 heterocycles. The highest BCUT2D eigenvalue weighted by molar-refractivity contribution is 5.99. The SMILES string of the molecule is Cc1cccc(NC(=O)Cc2ccc3c(c2)N(C)C(=O)C(C)O3)c1C. The van der Waals surface area contributed by atoms with Crippen LogP contribution in [0.3, 0.4) is 0 Å². The largest absolute Gasteiger partial charge is 0.479 e. The molecular formula is C20H22N2O3. The summed E-state index contributed by atoms with van der Waals surface area (Å²) < 4.78 is 5.61. The van der Waals surface area contributed by atoms with Gasteiger partial charge in [-0.2, -0.15) is 0 Å². The molecule has 0 saturated heterocycles. The molecule has 3 rings (SSSR count). The van der Waals surface area contributed by atoms with Gasteiger partial charge in [0.15, 0.2) is 6.10 Å². The van der Waals surface area contributed by atoms with Crippen molar-refractivity contribution in [2.75, 3.05) is 17.3 Å². The van der Waals surface area contributed by atoms with Gasteiger partial charge in [-0.3, -0.25) is 9.59 Å². The number of nitrogens with one attached hydrogen (secondary N) is 1. The summed E-state index contributed by atoms with van der Waals surface area (Å²) in [6.45, 7) is 5.73. The summed E-state index contributed by atoms with van der Waals surface area (Å²) in [5, 5.41) is 2.96. The quantitative estimate of drug-likeness (QED) is 0.935. The maximum absolute atomic E-state index is 12.4. The maximum atomic E-state index is 12.4. The highest BCUT2D eigenvalue weighted by Crippen LogP contribution is 2.34. The van der Waals surface area contributed by atoms with Crippen LogP contribution in [0, 0.1) is 13.8 Å². The molecule has 2 aromatic rings. The van der Waals surface area contributed by atoms with Crippen molar-refractivity contribution in [1.82, 2.24) is 0 Å². The molecule has 5 heteroatoms. The van der Waals surface area contributed by atoms with Crippen LogP contribution in [0.15, 0.2) is 36.4 Å². The molecular weight excluding hydrogens is 316 g/mol. The lowest BCUT2D eigenvalue weighted by molar-refractivity contribution is -0.125. The molecule has 1 unspecified atom stereocenters. The second kappa shape index (κ2) is 6.59. The van der Waals surface area contributed by atoms with E-state index in [0.717, 1.165) is 22.4 Å². The first-order valence-electron chi connectivity index (χ1n) is 8.30. The first-order chi connectivity index (χ1) is 11.9. The van der Waals surface area contributed by atoms with E-state index in [1.54, 1.807) is 18.9 Å². The Labute approximate surface area is 147 Å². The fourth-order valence-corrected chi connectivity index (χ4v) is 2.93. The van der Waals surface area contributed by atoms with E-state index in [2.05, 4.69) is 5.32 Å². The minimum atomic E-state index is -0.490. The minimum Gasteiger partial charge on any atom is -0.479 e. The van der Waals surface area contributed by atoms with Crippen molar-refractivity contribution in [2.45, 2.75) is 33.3 Å². The number of hydrogen-bond acceptors (Lipinski definition) is 3. The number of aryl methyl sites for hydroxylation is 1. The van der Waals surface area contributed by atoms with Crippen molar-refractivity contribution < 1.29 is 14.3 Å². The number of carbonyl (C=O) groups is 2. The van der Waals surface area contributed by atoms with Gasteiger partial charge in [0.05, 0.1) is 12.1 Å². The van der Waals surface area contributed by atoms with Crippen LogP contribution in [-0.4, -0.2) is 25.0 Å². The van der Waals surface area contributed by atoms with Gasteiger partial charge in [-0.15, -0.1) is 0 Å². The van der Waals surface area contributed by atoms with E-state index in [4.69, 9.17) is 4.74 Å². The Balaban J connectivity index is 1.76. The Morgan fingerprint density at radius 2 is 2.00 bits per heavy atom. The fourth-order valence-electron chi connectivity index (χ4n) is 2.93. The van der Waals surface area contributed by atoms with Crippen LogP contribution in [-0.2, 0) is 16.0 Å². The van der Waals surface area contributed by atoms with Crippen molar-refractivity contribution in [3.8, 4) is 5.75 Å². The summed E-state index contributed by atoms with van der Waals surface area (Å²) in [4.78, 5) is 26.0. The number of fused-ring (bicyclic) bond motifs is 1. The van der Waals surface area contributed by atoms with Gasteiger partial charge in [0.25, 0.3) is 5.91 Å². The number of carbonyl (C=O) groups excluding carboxylic acids is 2. The summed E-state index contributed by atoms with van der Waals surface area (Å²) in [6, 6.07) is 11.3. The molecule has 1 aliphatic rings. The first-order valence-corrected chi connectivity index (χ1v) is 8.30. The van der Waals surface area contributed by atoms with E-state index in [9.17, 15) is 9.59 Å². The van der Waals surface area contributed by atoms with Crippen LogP contribution in [0.25, 0.3) is 0 Å². The Morgan fingerprint density at radius 3 is 2.76 bits per heavy atom. The second-order valence-electron chi connectivity index (χ2n) is 6.43. The number of amides is 2. The summed E-state index contributed by atoms with van der Waals surface area (Å²) in [6.07, 6.45) is -0.255. The highest BCUT2D eigenvalue weighted by atomic mass is 16.5. The monoisotopic (exact) mass is 338 g/mol. The summed E-state index contributed by atoms with van der Waals surface area (Å²) in [5.74, 6) is 0.477. The molecule has 25 heavy (non-hydrogen) atoms. The van der Waals surface area contributed by atoms with E-state index in [1.807, 2.05) is 50.2 Å². The van der Waals surface area contributed by atoms with Crippen LogP contribution in [0.5, 0.6) is 5.75 Å². The predicted octanol–water partition coefficient (Wildman–Crippen LogP) is 3.23. The Morgan fingerprint density at radius 1 is 1.24 bits per heavy atom. The third-order valence-corrected chi connectivity index (χ3v) is 4.61. The molecule has 0 fully saturated rings. The smallest absolute Gasteiger partial charge is 0.267 e. The standard InChI is InChI=1S/C20H22N2O3/c1-12-6-5-7-16(13(12)2)21-19(23)11-15-8-9-18-17(10-15)22(4)20(24)14(3)25-18/h5-10,14H,11H2,1-4H3,(H,21,23). The maximum Gasteiger partial charge on any atom is 0.267 e. The third-order valence-electron chi connectivity index (χ3n) is 4.61. The van der Waals surface area contributed by atoms with Gasteiger partial charge in [-0.25, -0.2) is 0 Å². The molecule has 5 nitrogen and oxygen atoms in total. The molecule has 1 N–H and O–H groups in total. The van der Waals surface area contributed by atoms with E-state index in [1.165, 1.54) is 0 Å². The Hall–Kier alpha value is -2.82. The molecule has 1 atom stereocenters. The van der Waals surface area contributed by atoms with Gasteiger partial charge in [0.2, 0.25) is 5.91 Å². The van der Waals surface area contributed by atoms with Gasteiger partial charge in [0, 0.05) is 12.7 Å². The normalized spacial score (nSPS) is 16.2. The van der Waals surface area contributed by atoms with Crippen LogP contribution < -0.4 is 15.0 Å². The zero-order valence-electron chi connectivity index (χ0n) is 14.9. The van der Waals surface area contributed by atoms with Crippen LogP contribution in [0.2, 0.25) is 0 Å². The molecule has 0 saturated carbocycles. The molecule has 0 radical (unpaired) electrons.